The van der Waals surface area contributed by atoms with Crippen molar-refractivity contribution < 1.29 is 13.2 Å². The zero-order valence-electron chi connectivity index (χ0n) is 9.74. The Morgan fingerprint density at radius 1 is 1.29 bits per heavy atom. The minimum Gasteiger partial charge on any atom is -0.384 e. The Kier molecular flexibility index (Phi) is 4.86. The number of halogens is 4. The first-order valence-electron chi connectivity index (χ1n) is 5.41. The maximum atomic E-state index is 12.5. The lowest BCUT2D eigenvalue weighted by atomic mass is 10.1. The van der Waals surface area contributed by atoms with Crippen LogP contribution in [0.1, 0.15) is 25.8 Å². The Morgan fingerprint density at radius 3 is 2.47 bits per heavy atom. The average molecular weight is 310 g/mol. The molecule has 1 rings (SSSR count). The summed E-state index contributed by atoms with van der Waals surface area (Å²) in [5.74, 6) is 0.520. The molecule has 0 aliphatic rings. The number of nitrogens with one attached hydrogen (secondary N) is 1. The van der Waals surface area contributed by atoms with Gasteiger partial charge in [0.2, 0.25) is 0 Å². The molecule has 0 heterocycles. The number of hydrogen-bond donors (Lipinski definition) is 1. The van der Waals surface area contributed by atoms with E-state index in [0.717, 1.165) is 18.6 Å². The number of alkyl halides is 3. The summed E-state index contributed by atoms with van der Waals surface area (Å²) in [4.78, 5) is 0. The molecule has 0 saturated heterocycles. The van der Waals surface area contributed by atoms with Crippen LogP contribution in [0.2, 0.25) is 0 Å². The van der Waals surface area contributed by atoms with Crippen molar-refractivity contribution in [2.45, 2.75) is 26.4 Å². The van der Waals surface area contributed by atoms with Crippen molar-refractivity contribution in [3.05, 3.63) is 28.2 Å². The molecule has 0 bridgehead atoms. The molecular formula is C12H15BrF3N. The van der Waals surface area contributed by atoms with Crippen molar-refractivity contribution in [1.82, 2.24) is 0 Å². The van der Waals surface area contributed by atoms with E-state index in [-0.39, 0.29) is 0 Å². The van der Waals surface area contributed by atoms with Crippen LogP contribution >= 0.6 is 15.9 Å². The zero-order valence-corrected chi connectivity index (χ0v) is 11.3. The highest BCUT2D eigenvalue weighted by Gasteiger charge is 2.30. The highest BCUT2D eigenvalue weighted by molar-refractivity contribution is 9.10. The van der Waals surface area contributed by atoms with Gasteiger partial charge in [-0.2, -0.15) is 13.2 Å². The Labute approximate surface area is 108 Å². The second kappa shape index (κ2) is 5.76. The number of anilines is 1. The van der Waals surface area contributed by atoms with Crippen LogP contribution in [0.25, 0.3) is 0 Å². The van der Waals surface area contributed by atoms with E-state index < -0.39 is 11.7 Å². The summed E-state index contributed by atoms with van der Waals surface area (Å²) in [6.45, 7) is 4.81. The van der Waals surface area contributed by atoms with Crippen LogP contribution in [-0.4, -0.2) is 6.54 Å². The summed E-state index contributed by atoms with van der Waals surface area (Å²) < 4.78 is 38.2. The molecule has 0 atom stereocenters. The molecule has 5 heteroatoms. The normalized spacial score (nSPS) is 11.9. The van der Waals surface area contributed by atoms with Crippen LogP contribution in [0.4, 0.5) is 18.9 Å². The second-order valence-corrected chi connectivity index (χ2v) is 5.16. The number of rotatable bonds is 4. The molecule has 0 aliphatic heterocycles. The molecule has 1 aromatic rings. The van der Waals surface area contributed by atoms with Gasteiger partial charge in [0.1, 0.15) is 0 Å². The molecule has 17 heavy (non-hydrogen) atoms. The smallest absolute Gasteiger partial charge is 0.384 e. The van der Waals surface area contributed by atoms with Crippen LogP contribution in [0.15, 0.2) is 22.7 Å². The average Bonchev–Trinajstić information content (AvgIpc) is 2.18. The van der Waals surface area contributed by atoms with E-state index >= 15 is 0 Å². The van der Waals surface area contributed by atoms with Crippen LogP contribution in [-0.2, 0) is 6.18 Å². The van der Waals surface area contributed by atoms with E-state index in [0.29, 0.717) is 22.6 Å². The maximum absolute atomic E-state index is 12.5. The van der Waals surface area contributed by atoms with Crippen molar-refractivity contribution >= 4 is 21.6 Å². The lowest BCUT2D eigenvalue weighted by Gasteiger charge is -2.13. The third kappa shape index (κ3) is 4.58. The molecule has 1 aromatic carbocycles. The van der Waals surface area contributed by atoms with Gasteiger partial charge >= 0.3 is 6.18 Å². The predicted molar refractivity (Wildman–Crippen MR) is 67.1 cm³/mol. The molecule has 0 amide bonds. The van der Waals surface area contributed by atoms with Crippen molar-refractivity contribution in [3.8, 4) is 0 Å². The highest BCUT2D eigenvalue weighted by atomic mass is 79.9. The second-order valence-electron chi connectivity index (χ2n) is 4.30. The summed E-state index contributed by atoms with van der Waals surface area (Å²) in [5.41, 5.74) is -0.145. The first kappa shape index (κ1) is 14.4. The summed E-state index contributed by atoms with van der Waals surface area (Å²) in [7, 11) is 0. The number of benzene rings is 1. The third-order valence-electron chi connectivity index (χ3n) is 2.33. The van der Waals surface area contributed by atoms with Gasteiger partial charge in [-0.3, -0.25) is 0 Å². The number of hydrogen-bond acceptors (Lipinski definition) is 1. The summed E-state index contributed by atoms with van der Waals surface area (Å²) in [6.07, 6.45) is -3.38. The van der Waals surface area contributed by atoms with Crippen LogP contribution < -0.4 is 5.32 Å². The van der Waals surface area contributed by atoms with Crippen LogP contribution in [0.3, 0.4) is 0 Å². The van der Waals surface area contributed by atoms with Gasteiger partial charge in [0.05, 0.1) is 5.56 Å². The minimum atomic E-state index is -4.30. The molecule has 0 saturated carbocycles. The molecule has 1 N–H and O–H groups in total. The van der Waals surface area contributed by atoms with Gasteiger partial charge in [0.15, 0.2) is 0 Å². The maximum Gasteiger partial charge on any atom is 0.416 e. The minimum absolute atomic E-state index is 0.487. The largest absolute Gasteiger partial charge is 0.416 e. The molecule has 0 fully saturated rings. The molecule has 96 valence electrons. The fourth-order valence-electron chi connectivity index (χ4n) is 1.33. The molecule has 1 nitrogen and oxygen atoms in total. The van der Waals surface area contributed by atoms with Gasteiger partial charge in [-0.05, 0) is 46.5 Å². The van der Waals surface area contributed by atoms with Crippen molar-refractivity contribution in [2.75, 3.05) is 11.9 Å². The zero-order chi connectivity index (χ0) is 13.1. The van der Waals surface area contributed by atoms with Gasteiger partial charge < -0.3 is 5.32 Å². The molecule has 0 radical (unpaired) electrons. The fraction of sp³-hybridized carbons (Fsp3) is 0.500. The molecule has 0 aromatic heterocycles. The molecule has 0 aliphatic carbocycles. The standard InChI is InChI=1S/C12H15BrF3N/c1-8(2)5-6-17-11-7-9(12(14,15)16)3-4-10(11)13/h3-4,7-8,17H,5-6H2,1-2H3. The van der Waals surface area contributed by atoms with E-state index in [1.165, 1.54) is 6.07 Å². The summed E-state index contributed by atoms with van der Waals surface area (Å²) in [5, 5.41) is 3.01. The van der Waals surface area contributed by atoms with Crippen LogP contribution in [0, 0.1) is 5.92 Å². The van der Waals surface area contributed by atoms with Crippen molar-refractivity contribution in [2.24, 2.45) is 5.92 Å². The Morgan fingerprint density at radius 2 is 1.94 bits per heavy atom. The molecule has 0 unspecified atom stereocenters. The molecule has 0 spiro atoms. The first-order valence-corrected chi connectivity index (χ1v) is 6.20. The van der Waals surface area contributed by atoms with E-state index in [9.17, 15) is 13.2 Å². The predicted octanol–water partition coefficient (Wildman–Crippen LogP) is 4.93. The summed E-state index contributed by atoms with van der Waals surface area (Å²) >= 11 is 3.23. The van der Waals surface area contributed by atoms with Gasteiger partial charge in [-0.1, -0.05) is 13.8 Å². The van der Waals surface area contributed by atoms with E-state index in [2.05, 4.69) is 35.1 Å². The SMILES string of the molecule is CC(C)CCNc1cc(C(F)(F)F)ccc1Br. The van der Waals surface area contributed by atoms with Crippen molar-refractivity contribution in [3.63, 3.8) is 0 Å². The van der Waals surface area contributed by atoms with Gasteiger partial charge in [-0.15, -0.1) is 0 Å². The van der Waals surface area contributed by atoms with E-state index in [1.54, 1.807) is 0 Å². The fourth-order valence-corrected chi connectivity index (χ4v) is 1.72. The van der Waals surface area contributed by atoms with Crippen LogP contribution in [0.5, 0.6) is 0 Å². The van der Waals surface area contributed by atoms with Gasteiger partial charge in [0, 0.05) is 16.7 Å². The molecular weight excluding hydrogens is 295 g/mol. The lowest BCUT2D eigenvalue weighted by molar-refractivity contribution is -0.137. The van der Waals surface area contributed by atoms with Gasteiger partial charge in [-0.25, -0.2) is 0 Å². The van der Waals surface area contributed by atoms with Gasteiger partial charge in [0.25, 0.3) is 0 Å². The third-order valence-corrected chi connectivity index (χ3v) is 3.02. The Hall–Kier alpha value is -0.710. The Balaban J connectivity index is 2.77. The van der Waals surface area contributed by atoms with E-state index in [4.69, 9.17) is 0 Å². The van der Waals surface area contributed by atoms with Crippen molar-refractivity contribution in [1.29, 1.82) is 0 Å². The monoisotopic (exact) mass is 309 g/mol. The van der Waals surface area contributed by atoms with E-state index in [1.807, 2.05) is 0 Å². The first-order chi connectivity index (χ1) is 7.80. The summed E-state index contributed by atoms with van der Waals surface area (Å²) in [6, 6.07) is 3.61. The quantitative estimate of drug-likeness (QED) is 0.832. The Bertz CT molecular complexity index is 375. The highest BCUT2D eigenvalue weighted by Crippen LogP contribution is 2.33. The lowest BCUT2D eigenvalue weighted by Crippen LogP contribution is -2.08. The topological polar surface area (TPSA) is 12.0 Å².